The summed E-state index contributed by atoms with van der Waals surface area (Å²) in [6.45, 7) is 1.76. The molecule has 3 heterocycles. The number of carbonyl (C=O) groups is 1. The van der Waals surface area contributed by atoms with Crippen molar-refractivity contribution in [3.8, 4) is 16.2 Å². The quantitative estimate of drug-likeness (QED) is 0.790. The third-order valence-corrected chi connectivity index (χ3v) is 5.03. The van der Waals surface area contributed by atoms with Gasteiger partial charge in [-0.3, -0.25) is 9.78 Å². The number of nitrogens with zero attached hydrogens (tertiary/aromatic N) is 1. The van der Waals surface area contributed by atoms with E-state index in [1.54, 1.807) is 17.5 Å². The van der Waals surface area contributed by atoms with Gasteiger partial charge in [0.15, 0.2) is 0 Å². The molecule has 1 N–H and O–H groups in total. The number of nitrogens with one attached hydrogen (secondary N) is 1. The van der Waals surface area contributed by atoms with Gasteiger partial charge in [0.1, 0.15) is 12.4 Å². The van der Waals surface area contributed by atoms with Gasteiger partial charge in [-0.15, -0.1) is 11.3 Å². The van der Waals surface area contributed by atoms with E-state index in [1.165, 1.54) is 13.5 Å². The molecule has 0 bridgehead atoms. The number of aromatic nitrogens is 1. The van der Waals surface area contributed by atoms with Crippen LogP contribution < -0.4 is 10.1 Å². The Labute approximate surface area is 139 Å². The highest BCUT2D eigenvalue weighted by atomic mass is 32.1. The fourth-order valence-corrected chi connectivity index (χ4v) is 3.30. The van der Waals surface area contributed by atoms with Gasteiger partial charge in [-0.05, 0) is 37.6 Å². The maximum absolute atomic E-state index is 11.2. The highest BCUT2D eigenvalue weighted by molar-refractivity contribution is 7.15. The van der Waals surface area contributed by atoms with E-state index in [0.717, 1.165) is 27.6 Å². The molecule has 0 saturated carbocycles. The largest absolute Gasteiger partial charge is 0.490 e. The molecular formula is C17H20N2O3S. The van der Waals surface area contributed by atoms with E-state index in [9.17, 15) is 4.79 Å². The predicted molar refractivity (Wildman–Crippen MR) is 89.8 cm³/mol. The maximum atomic E-state index is 11.2. The van der Waals surface area contributed by atoms with E-state index in [0.29, 0.717) is 25.5 Å². The second kappa shape index (κ2) is 7.57. The van der Waals surface area contributed by atoms with Crippen LogP contribution >= 0.6 is 11.3 Å². The van der Waals surface area contributed by atoms with Gasteiger partial charge < -0.3 is 14.8 Å². The fourth-order valence-electron chi connectivity index (χ4n) is 2.31. The highest BCUT2D eigenvalue weighted by Crippen LogP contribution is 2.30. The van der Waals surface area contributed by atoms with Crippen LogP contribution in [0, 0.1) is 0 Å². The molecule has 1 aliphatic heterocycles. The number of thiophene rings is 1. The summed E-state index contributed by atoms with van der Waals surface area (Å²) in [5.74, 6) is 0.613. The molecular weight excluding hydrogens is 312 g/mol. The normalized spacial score (nSPS) is 16.7. The van der Waals surface area contributed by atoms with Crippen LogP contribution in [0.1, 0.15) is 17.7 Å². The first kappa shape index (κ1) is 16.0. The Morgan fingerprint density at radius 1 is 1.43 bits per heavy atom. The third kappa shape index (κ3) is 4.30. The molecule has 1 saturated heterocycles. The number of esters is 1. The molecule has 1 unspecified atom stereocenters. The third-order valence-electron chi connectivity index (χ3n) is 3.84. The van der Waals surface area contributed by atoms with E-state index < -0.39 is 0 Å². The summed E-state index contributed by atoms with van der Waals surface area (Å²) in [5, 5.41) is 3.31. The number of carbonyl (C=O) groups excluding carboxylic acids is 1. The topological polar surface area (TPSA) is 60.5 Å². The number of rotatable bonds is 7. The van der Waals surface area contributed by atoms with Crippen molar-refractivity contribution in [1.29, 1.82) is 0 Å². The van der Waals surface area contributed by atoms with E-state index in [1.807, 2.05) is 12.3 Å². The van der Waals surface area contributed by atoms with Crippen LogP contribution in [0.15, 0.2) is 30.6 Å². The minimum atomic E-state index is -0.179. The zero-order valence-corrected chi connectivity index (χ0v) is 13.9. The Bertz CT molecular complexity index is 667. The van der Waals surface area contributed by atoms with Gasteiger partial charge in [-0.2, -0.15) is 0 Å². The maximum Gasteiger partial charge on any atom is 0.305 e. The molecule has 2 aromatic heterocycles. The summed E-state index contributed by atoms with van der Waals surface area (Å²) in [4.78, 5) is 17.8. The van der Waals surface area contributed by atoms with Crippen LogP contribution in [0.25, 0.3) is 10.4 Å². The molecule has 23 heavy (non-hydrogen) atoms. The SMILES string of the molecule is COC(=O)CCc1ccc(-c2cncc(OCC3CCN3)c2)s1. The Balaban J connectivity index is 1.61. The van der Waals surface area contributed by atoms with Gasteiger partial charge in [0.25, 0.3) is 0 Å². The van der Waals surface area contributed by atoms with Crippen molar-refractivity contribution in [2.24, 2.45) is 0 Å². The Morgan fingerprint density at radius 3 is 3.04 bits per heavy atom. The van der Waals surface area contributed by atoms with Crippen LogP contribution in [0.3, 0.4) is 0 Å². The van der Waals surface area contributed by atoms with Gasteiger partial charge >= 0.3 is 5.97 Å². The number of hydrogen-bond donors (Lipinski definition) is 1. The second-order valence-electron chi connectivity index (χ2n) is 5.50. The molecule has 1 atom stereocenters. The minimum Gasteiger partial charge on any atom is -0.490 e. The smallest absolute Gasteiger partial charge is 0.305 e. The standard InChI is InChI=1S/C17H20N2O3S/c1-21-17(20)5-3-15-2-4-16(23-15)12-8-14(10-18-9-12)22-11-13-6-7-19-13/h2,4,8-10,13,19H,3,5-7,11H2,1H3. The molecule has 2 aromatic rings. The van der Waals surface area contributed by atoms with Crippen molar-refractivity contribution in [2.45, 2.75) is 25.3 Å². The Kier molecular flexibility index (Phi) is 5.25. The van der Waals surface area contributed by atoms with Crippen molar-refractivity contribution >= 4 is 17.3 Å². The molecule has 0 aliphatic carbocycles. The van der Waals surface area contributed by atoms with Gasteiger partial charge in [-0.1, -0.05) is 0 Å². The molecule has 1 fully saturated rings. The van der Waals surface area contributed by atoms with Gasteiger partial charge in [0, 0.05) is 27.6 Å². The van der Waals surface area contributed by atoms with Crippen LogP contribution in [-0.2, 0) is 16.0 Å². The van der Waals surface area contributed by atoms with Crippen molar-refractivity contribution in [1.82, 2.24) is 10.3 Å². The zero-order chi connectivity index (χ0) is 16.1. The number of pyridine rings is 1. The lowest BCUT2D eigenvalue weighted by atomic mass is 10.1. The highest BCUT2D eigenvalue weighted by Gasteiger charge is 2.16. The van der Waals surface area contributed by atoms with E-state index in [2.05, 4.69) is 27.2 Å². The first-order valence-electron chi connectivity index (χ1n) is 7.72. The first-order chi connectivity index (χ1) is 11.2. The van der Waals surface area contributed by atoms with E-state index in [4.69, 9.17) is 4.74 Å². The molecule has 3 rings (SSSR count). The summed E-state index contributed by atoms with van der Waals surface area (Å²) >= 11 is 1.67. The number of hydrogen-bond acceptors (Lipinski definition) is 6. The summed E-state index contributed by atoms with van der Waals surface area (Å²) in [6.07, 6.45) is 5.86. The minimum absolute atomic E-state index is 0.179. The lowest BCUT2D eigenvalue weighted by Crippen LogP contribution is -2.46. The second-order valence-corrected chi connectivity index (χ2v) is 6.67. The van der Waals surface area contributed by atoms with Gasteiger partial charge in [-0.25, -0.2) is 0 Å². The van der Waals surface area contributed by atoms with E-state index >= 15 is 0 Å². The molecule has 0 radical (unpaired) electrons. The average molecular weight is 332 g/mol. The van der Waals surface area contributed by atoms with Crippen LogP contribution in [0.2, 0.25) is 0 Å². The van der Waals surface area contributed by atoms with Gasteiger partial charge in [0.05, 0.1) is 19.7 Å². The first-order valence-corrected chi connectivity index (χ1v) is 8.53. The van der Waals surface area contributed by atoms with Crippen molar-refractivity contribution < 1.29 is 14.3 Å². The van der Waals surface area contributed by atoms with Crippen molar-refractivity contribution in [3.05, 3.63) is 35.5 Å². The number of ether oxygens (including phenoxy) is 2. The lowest BCUT2D eigenvalue weighted by Gasteiger charge is -2.27. The molecule has 0 spiro atoms. The number of aryl methyl sites for hydroxylation is 1. The summed E-state index contributed by atoms with van der Waals surface area (Å²) < 4.78 is 10.5. The summed E-state index contributed by atoms with van der Waals surface area (Å²) in [7, 11) is 1.42. The zero-order valence-electron chi connectivity index (χ0n) is 13.1. The summed E-state index contributed by atoms with van der Waals surface area (Å²) in [5.41, 5.74) is 1.04. The monoisotopic (exact) mass is 332 g/mol. The predicted octanol–water partition coefficient (Wildman–Crippen LogP) is 2.66. The summed E-state index contributed by atoms with van der Waals surface area (Å²) in [6, 6.07) is 6.59. The average Bonchev–Trinajstić information content (AvgIpc) is 3.00. The molecule has 0 amide bonds. The Morgan fingerprint density at radius 2 is 2.30 bits per heavy atom. The molecule has 6 heteroatoms. The lowest BCUT2D eigenvalue weighted by molar-refractivity contribution is -0.140. The van der Waals surface area contributed by atoms with Crippen molar-refractivity contribution in [3.63, 3.8) is 0 Å². The molecule has 122 valence electrons. The number of methoxy groups -OCH3 is 1. The van der Waals surface area contributed by atoms with Crippen LogP contribution in [0.5, 0.6) is 5.75 Å². The van der Waals surface area contributed by atoms with Crippen LogP contribution in [-0.4, -0.2) is 37.3 Å². The molecule has 5 nitrogen and oxygen atoms in total. The van der Waals surface area contributed by atoms with E-state index in [-0.39, 0.29) is 5.97 Å². The van der Waals surface area contributed by atoms with Crippen molar-refractivity contribution in [2.75, 3.05) is 20.3 Å². The molecule has 1 aliphatic rings. The van der Waals surface area contributed by atoms with Crippen LogP contribution in [0.4, 0.5) is 0 Å². The van der Waals surface area contributed by atoms with Gasteiger partial charge in [0.2, 0.25) is 0 Å². The Hall–Kier alpha value is -1.92. The fraction of sp³-hybridized carbons (Fsp3) is 0.412. The molecule has 0 aromatic carbocycles.